The van der Waals surface area contributed by atoms with Crippen molar-refractivity contribution in [1.29, 1.82) is 0 Å². The van der Waals surface area contributed by atoms with Gasteiger partial charge in [0.05, 0.1) is 5.56 Å². The van der Waals surface area contributed by atoms with Crippen LogP contribution in [0.3, 0.4) is 0 Å². The SMILES string of the molecule is CNC(=O)Cn1nc(NC(=O)c2ccc(C(=O)O)nc2)cc1C. The normalized spacial score (nSPS) is 10.2. The first-order chi connectivity index (χ1) is 10.9. The van der Waals surface area contributed by atoms with Crippen LogP contribution in [0, 0.1) is 6.92 Å². The summed E-state index contributed by atoms with van der Waals surface area (Å²) >= 11 is 0. The van der Waals surface area contributed by atoms with Crippen molar-refractivity contribution in [1.82, 2.24) is 20.1 Å². The predicted octanol–water partition coefficient (Wildman–Crippen LogP) is 0.283. The zero-order chi connectivity index (χ0) is 17.0. The summed E-state index contributed by atoms with van der Waals surface area (Å²) in [6.45, 7) is 1.81. The standard InChI is InChI=1S/C14H15N5O4/c1-8-5-11(18-19(8)7-12(20)15-2)17-13(21)9-3-4-10(14(22)23)16-6-9/h3-6H,7H2,1-2H3,(H,15,20)(H,22,23)(H,17,18,21). The first-order valence-corrected chi connectivity index (χ1v) is 6.66. The number of carboxylic acid groups (broad SMARTS) is 1. The van der Waals surface area contributed by atoms with E-state index in [0.29, 0.717) is 11.5 Å². The first-order valence-electron chi connectivity index (χ1n) is 6.66. The van der Waals surface area contributed by atoms with Gasteiger partial charge in [-0.15, -0.1) is 0 Å². The molecular formula is C14H15N5O4. The zero-order valence-electron chi connectivity index (χ0n) is 12.5. The van der Waals surface area contributed by atoms with Gasteiger partial charge in [-0.2, -0.15) is 5.10 Å². The molecule has 2 rings (SSSR count). The van der Waals surface area contributed by atoms with Crippen LogP contribution in [0.5, 0.6) is 0 Å². The van der Waals surface area contributed by atoms with Gasteiger partial charge in [0.15, 0.2) is 5.82 Å². The molecule has 0 saturated heterocycles. The van der Waals surface area contributed by atoms with E-state index in [0.717, 1.165) is 0 Å². The molecule has 23 heavy (non-hydrogen) atoms. The van der Waals surface area contributed by atoms with Crippen molar-refractivity contribution in [2.24, 2.45) is 0 Å². The number of hydrogen-bond donors (Lipinski definition) is 3. The van der Waals surface area contributed by atoms with Crippen LogP contribution < -0.4 is 10.6 Å². The summed E-state index contributed by atoms with van der Waals surface area (Å²) in [6, 6.07) is 4.23. The number of carboxylic acids is 1. The molecule has 9 heteroatoms. The lowest BCUT2D eigenvalue weighted by Crippen LogP contribution is -2.24. The van der Waals surface area contributed by atoms with Gasteiger partial charge in [0.25, 0.3) is 5.91 Å². The fourth-order valence-electron chi connectivity index (χ4n) is 1.79. The Morgan fingerprint density at radius 1 is 1.30 bits per heavy atom. The van der Waals surface area contributed by atoms with Gasteiger partial charge in [0, 0.05) is 25.0 Å². The number of aryl methyl sites for hydroxylation is 1. The summed E-state index contributed by atoms with van der Waals surface area (Å²) in [6.07, 6.45) is 1.17. The minimum atomic E-state index is -1.17. The Morgan fingerprint density at radius 2 is 2.04 bits per heavy atom. The highest BCUT2D eigenvalue weighted by Crippen LogP contribution is 2.10. The van der Waals surface area contributed by atoms with Gasteiger partial charge in [0.1, 0.15) is 12.2 Å². The van der Waals surface area contributed by atoms with E-state index in [1.54, 1.807) is 13.0 Å². The molecule has 0 saturated carbocycles. The number of aromatic nitrogens is 3. The molecule has 0 aliphatic carbocycles. The van der Waals surface area contributed by atoms with Gasteiger partial charge in [-0.05, 0) is 19.1 Å². The van der Waals surface area contributed by atoms with Crippen LogP contribution in [0.4, 0.5) is 5.82 Å². The Labute approximate surface area is 131 Å². The summed E-state index contributed by atoms with van der Waals surface area (Å²) in [4.78, 5) is 37.8. The fraction of sp³-hybridized carbons (Fsp3) is 0.214. The van der Waals surface area contributed by atoms with Crippen LogP contribution in [0.1, 0.15) is 26.5 Å². The maximum atomic E-state index is 12.1. The van der Waals surface area contributed by atoms with Crippen molar-refractivity contribution in [3.63, 3.8) is 0 Å². The van der Waals surface area contributed by atoms with E-state index in [1.165, 1.54) is 30.1 Å². The number of carbonyl (C=O) groups excluding carboxylic acids is 2. The van der Waals surface area contributed by atoms with Crippen LogP contribution in [0.25, 0.3) is 0 Å². The number of nitrogens with zero attached hydrogens (tertiary/aromatic N) is 3. The smallest absolute Gasteiger partial charge is 0.354 e. The molecule has 0 aromatic carbocycles. The van der Waals surface area contributed by atoms with Crippen LogP contribution in [-0.2, 0) is 11.3 Å². The number of rotatable bonds is 5. The molecule has 0 radical (unpaired) electrons. The highest BCUT2D eigenvalue weighted by atomic mass is 16.4. The molecule has 120 valence electrons. The summed E-state index contributed by atoms with van der Waals surface area (Å²) in [5.74, 6) is -1.55. The predicted molar refractivity (Wildman–Crippen MR) is 80.2 cm³/mol. The van der Waals surface area contributed by atoms with E-state index in [-0.39, 0.29) is 23.7 Å². The Hall–Kier alpha value is -3.23. The molecule has 0 bridgehead atoms. The van der Waals surface area contributed by atoms with E-state index in [1.807, 2.05) is 0 Å². The third-order valence-electron chi connectivity index (χ3n) is 3.04. The first kappa shape index (κ1) is 16.1. The average molecular weight is 317 g/mol. The Morgan fingerprint density at radius 3 is 2.61 bits per heavy atom. The van der Waals surface area contributed by atoms with Crippen molar-refractivity contribution < 1.29 is 19.5 Å². The summed E-state index contributed by atoms with van der Waals surface area (Å²) < 4.78 is 1.46. The Bertz CT molecular complexity index is 751. The number of nitrogens with one attached hydrogen (secondary N) is 2. The Balaban J connectivity index is 2.09. The van der Waals surface area contributed by atoms with Crippen molar-refractivity contribution in [3.05, 3.63) is 41.3 Å². The van der Waals surface area contributed by atoms with E-state index in [2.05, 4.69) is 20.7 Å². The summed E-state index contributed by atoms with van der Waals surface area (Å²) in [7, 11) is 1.53. The average Bonchev–Trinajstić information content (AvgIpc) is 2.86. The molecular weight excluding hydrogens is 302 g/mol. The summed E-state index contributed by atoms with van der Waals surface area (Å²) in [5, 5.41) is 17.9. The van der Waals surface area contributed by atoms with Gasteiger partial charge in [0.2, 0.25) is 5.91 Å². The maximum absolute atomic E-state index is 12.1. The van der Waals surface area contributed by atoms with E-state index in [9.17, 15) is 14.4 Å². The van der Waals surface area contributed by atoms with Crippen molar-refractivity contribution in [2.45, 2.75) is 13.5 Å². The monoisotopic (exact) mass is 317 g/mol. The second-order valence-electron chi connectivity index (χ2n) is 4.69. The van der Waals surface area contributed by atoms with E-state index < -0.39 is 11.9 Å². The van der Waals surface area contributed by atoms with E-state index >= 15 is 0 Å². The maximum Gasteiger partial charge on any atom is 0.354 e. The van der Waals surface area contributed by atoms with Crippen LogP contribution in [-0.4, -0.2) is 44.7 Å². The van der Waals surface area contributed by atoms with Gasteiger partial charge in [-0.1, -0.05) is 0 Å². The molecule has 0 aliphatic heterocycles. The highest BCUT2D eigenvalue weighted by Gasteiger charge is 2.13. The second-order valence-corrected chi connectivity index (χ2v) is 4.69. The van der Waals surface area contributed by atoms with Crippen molar-refractivity contribution >= 4 is 23.6 Å². The minimum Gasteiger partial charge on any atom is -0.477 e. The molecule has 0 unspecified atom stereocenters. The van der Waals surface area contributed by atoms with Gasteiger partial charge in [-0.25, -0.2) is 9.78 Å². The van der Waals surface area contributed by atoms with Crippen molar-refractivity contribution in [2.75, 3.05) is 12.4 Å². The number of hydrogen-bond acceptors (Lipinski definition) is 5. The largest absolute Gasteiger partial charge is 0.477 e. The van der Waals surface area contributed by atoms with E-state index in [4.69, 9.17) is 5.11 Å². The van der Waals surface area contributed by atoms with Crippen LogP contribution in [0.2, 0.25) is 0 Å². The third kappa shape index (κ3) is 3.90. The molecule has 2 amide bonds. The zero-order valence-corrected chi connectivity index (χ0v) is 12.5. The molecule has 0 atom stereocenters. The fourth-order valence-corrected chi connectivity index (χ4v) is 1.79. The topological polar surface area (TPSA) is 126 Å². The van der Waals surface area contributed by atoms with Gasteiger partial charge < -0.3 is 15.7 Å². The number of aromatic carboxylic acids is 1. The number of pyridine rings is 1. The lowest BCUT2D eigenvalue weighted by molar-refractivity contribution is -0.121. The van der Waals surface area contributed by atoms with Crippen LogP contribution >= 0.6 is 0 Å². The lowest BCUT2D eigenvalue weighted by Gasteiger charge is -2.03. The molecule has 2 aromatic heterocycles. The molecule has 9 nitrogen and oxygen atoms in total. The molecule has 2 aromatic rings. The van der Waals surface area contributed by atoms with Crippen LogP contribution in [0.15, 0.2) is 24.4 Å². The molecule has 3 N–H and O–H groups in total. The second kappa shape index (κ2) is 6.69. The molecule has 0 aliphatic rings. The van der Waals surface area contributed by atoms with Crippen molar-refractivity contribution in [3.8, 4) is 0 Å². The number of carbonyl (C=O) groups is 3. The molecule has 2 heterocycles. The lowest BCUT2D eigenvalue weighted by atomic mass is 10.2. The summed E-state index contributed by atoms with van der Waals surface area (Å²) in [5.41, 5.74) is 0.768. The number of likely N-dealkylation sites (N-methyl/N-ethyl adjacent to an activating group) is 1. The third-order valence-corrected chi connectivity index (χ3v) is 3.04. The number of anilines is 1. The molecule has 0 fully saturated rings. The van der Waals surface area contributed by atoms with Gasteiger partial charge in [-0.3, -0.25) is 14.3 Å². The Kier molecular flexibility index (Phi) is 4.69. The highest BCUT2D eigenvalue weighted by molar-refractivity contribution is 6.03. The quantitative estimate of drug-likeness (QED) is 0.727. The molecule has 0 spiro atoms. The van der Waals surface area contributed by atoms with Gasteiger partial charge >= 0.3 is 5.97 Å². The minimum absolute atomic E-state index is 0.0487. The number of amides is 2.